The molecule has 1 aromatic heterocycles. The zero-order valence-electron chi connectivity index (χ0n) is 13.1. The molecule has 0 saturated carbocycles. The van der Waals surface area contributed by atoms with Crippen LogP contribution in [-0.2, 0) is 16.5 Å². The van der Waals surface area contributed by atoms with Crippen LogP contribution in [0, 0.1) is 6.92 Å². The molecule has 0 unspecified atom stereocenters. The number of hydrogen-bond donors (Lipinski definition) is 1. The van der Waals surface area contributed by atoms with Gasteiger partial charge in [0.25, 0.3) is 10.1 Å². The molecule has 1 heterocycles. The fourth-order valence-electron chi connectivity index (χ4n) is 2.09. The van der Waals surface area contributed by atoms with E-state index in [1.54, 1.807) is 12.1 Å². The van der Waals surface area contributed by atoms with Crippen molar-refractivity contribution in [2.45, 2.75) is 25.2 Å². The zero-order valence-corrected chi connectivity index (χ0v) is 13.9. The molecule has 0 aliphatic heterocycles. The van der Waals surface area contributed by atoms with E-state index >= 15 is 0 Å². The minimum absolute atomic E-state index is 0.0558. The van der Waals surface area contributed by atoms with Gasteiger partial charge < -0.3 is 0 Å². The summed E-state index contributed by atoms with van der Waals surface area (Å²) in [5, 5.41) is 2.47. The summed E-state index contributed by atoms with van der Waals surface area (Å²) in [6.07, 6.45) is 2.76. The molecule has 0 amide bonds. The normalized spacial score (nSPS) is 10.9. The van der Waals surface area contributed by atoms with Crippen LogP contribution in [0.2, 0.25) is 0 Å². The van der Waals surface area contributed by atoms with Crippen molar-refractivity contribution < 1.29 is 13.0 Å². The lowest BCUT2D eigenvalue weighted by Crippen LogP contribution is -1.97. The number of fused-ring (bicyclic) bond motifs is 1. The van der Waals surface area contributed by atoms with E-state index in [1.807, 2.05) is 32.2 Å². The Balaban J connectivity index is 0.000000167. The zero-order chi connectivity index (χ0) is 16.9. The third-order valence-corrected chi connectivity index (χ3v) is 4.27. The molecule has 0 atom stereocenters. The highest BCUT2D eigenvalue weighted by Crippen LogP contribution is 2.12. The molecule has 23 heavy (non-hydrogen) atoms. The van der Waals surface area contributed by atoms with Crippen LogP contribution in [-0.4, -0.2) is 18.0 Å². The molecule has 120 valence electrons. The standard InChI is InChI=1S/C10H9N.C8H10O3S/c1-8-6-9-4-2-3-5-10(9)7-11-8;1-2-7-3-5-8(6-4-7)12(9,10)11/h2-7H,1H3;3-6H,2H2,1H3,(H,9,10,11). The van der Waals surface area contributed by atoms with Crippen LogP contribution >= 0.6 is 0 Å². The Kier molecular flexibility index (Phi) is 5.47. The van der Waals surface area contributed by atoms with Crippen molar-refractivity contribution in [2.75, 3.05) is 0 Å². The van der Waals surface area contributed by atoms with Crippen molar-refractivity contribution >= 4 is 20.9 Å². The van der Waals surface area contributed by atoms with Gasteiger partial charge in [0.1, 0.15) is 0 Å². The first kappa shape index (κ1) is 17.1. The Morgan fingerprint density at radius 2 is 1.61 bits per heavy atom. The summed E-state index contributed by atoms with van der Waals surface area (Å²) in [5.74, 6) is 0. The van der Waals surface area contributed by atoms with E-state index in [4.69, 9.17) is 4.55 Å². The van der Waals surface area contributed by atoms with Gasteiger partial charge in [-0.3, -0.25) is 9.54 Å². The second kappa shape index (κ2) is 7.35. The van der Waals surface area contributed by atoms with Crippen LogP contribution in [0.3, 0.4) is 0 Å². The second-order valence-electron chi connectivity index (χ2n) is 5.15. The van der Waals surface area contributed by atoms with Crippen LogP contribution in [0.4, 0.5) is 0 Å². The number of aryl methyl sites for hydroxylation is 2. The SMILES string of the molecule is CCc1ccc(S(=O)(=O)O)cc1.Cc1cc2ccccc2cn1. The molecular formula is C18H19NO3S. The smallest absolute Gasteiger partial charge is 0.282 e. The van der Waals surface area contributed by atoms with Crippen molar-refractivity contribution in [3.8, 4) is 0 Å². The van der Waals surface area contributed by atoms with Gasteiger partial charge >= 0.3 is 0 Å². The quantitative estimate of drug-likeness (QED) is 0.721. The summed E-state index contributed by atoms with van der Waals surface area (Å²) in [6, 6.07) is 16.5. The number of rotatable bonds is 2. The van der Waals surface area contributed by atoms with Gasteiger partial charge in [-0.25, -0.2) is 0 Å². The van der Waals surface area contributed by atoms with E-state index < -0.39 is 10.1 Å². The van der Waals surface area contributed by atoms with E-state index in [0.29, 0.717) is 0 Å². The molecule has 4 nitrogen and oxygen atoms in total. The molecule has 5 heteroatoms. The Labute approximate surface area is 136 Å². The Morgan fingerprint density at radius 1 is 1.00 bits per heavy atom. The maximum Gasteiger partial charge on any atom is 0.294 e. The Hall–Kier alpha value is -2.24. The van der Waals surface area contributed by atoms with Crippen molar-refractivity contribution in [2.24, 2.45) is 0 Å². The summed E-state index contributed by atoms with van der Waals surface area (Å²) < 4.78 is 29.8. The van der Waals surface area contributed by atoms with Crippen molar-refractivity contribution in [3.63, 3.8) is 0 Å². The molecular weight excluding hydrogens is 310 g/mol. The molecule has 0 saturated heterocycles. The number of aromatic nitrogens is 1. The number of pyridine rings is 1. The fraction of sp³-hybridized carbons (Fsp3) is 0.167. The molecule has 1 N–H and O–H groups in total. The lowest BCUT2D eigenvalue weighted by Gasteiger charge is -1.97. The van der Waals surface area contributed by atoms with Crippen molar-refractivity contribution in [1.82, 2.24) is 4.98 Å². The van der Waals surface area contributed by atoms with Crippen molar-refractivity contribution in [1.29, 1.82) is 0 Å². The van der Waals surface area contributed by atoms with E-state index in [2.05, 4.69) is 23.2 Å². The average molecular weight is 329 g/mol. The largest absolute Gasteiger partial charge is 0.294 e. The molecule has 3 rings (SSSR count). The first-order valence-corrected chi connectivity index (χ1v) is 8.72. The molecule has 0 aliphatic rings. The minimum Gasteiger partial charge on any atom is -0.282 e. The van der Waals surface area contributed by atoms with Crippen LogP contribution in [0.25, 0.3) is 10.8 Å². The first-order valence-electron chi connectivity index (χ1n) is 7.28. The van der Waals surface area contributed by atoms with Crippen LogP contribution in [0.15, 0.2) is 65.7 Å². The van der Waals surface area contributed by atoms with E-state index in [-0.39, 0.29) is 4.90 Å². The molecule has 3 aromatic rings. The van der Waals surface area contributed by atoms with E-state index in [9.17, 15) is 8.42 Å². The predicted octanol–water partition coefficient (Wildman–Crippen LogP) is 4.04. The molecule has 2 aromatic carbocycles. The van der Waals surface area contributed by atoms with Crippen LogP contribution < -0.4 is 0 Å². The van der Waals surface area contributed by atoms with Gasteiger partial charge in [-0.2, -0.15) is 8.42 Å². The van der Waals surface area contributed by atoms with Gasteiger partial charge in [0.2, 0.25) is 0 Å². The van der Waals surface area contributed by atoms with Gasteiger partial charge in [0.15, 0.2) is 0 Å². The molecule has 0 radical (unpaired) electrons. The highest BCUT2D eigenvalue weighted by Gasteiger charge is 2.07. The number of nitrogens with zero attached hydrogens (tertiary/aromatic N) is 1. The maximum absolute atomic E-state index is 10.6. The average Bonchev–Trinajstić information content (AvgIpc) is 2.54. The van der Waals surface area contributed by atoms with Gasteiger partial charge in [-0.15, -0.1) is 0 Å². The lowest BCUT2D eigenvalue weighted by atomic mass is 10.1. The molecule has 0 fully saturated rings. The lowest BCUT2D eigenvalue weighted by molar-refractivity contribution is 0.483. The summed E-state index contributed by atoms with van der Waals surface area (Å²) in [7, 11) is -4.03. The number of benzene rings is 2. The summed E-state index contributed by atoms with van der Waals surface area (Å²) in [5.41, 5.74) is 2.12. The first-order chi connectivity index (χ1) is 10.9. The topological polar surface area (TPSA) is 67.3 Å². The van der Waals surface area contributed by atoms with Crippen molar-refractivity contribution in [3.05, 3.63) is 72.1 Å². The maximum atomic E-state index is 10.6. The predicted molar refractivity (Wildman–Crippen MR) is 92.1 cm³/mol. The third-order valence-electron chi connectivity index (χ3n) is 3.40. The number of hydrogen-bond acceptors (Lipinski definition) is 3. The van der Waals surface area contributed by atoms with Gasteiger partial charge in [-0.1, -0.05) is 43.3 Å². The van der Waals surface area contributed by atoms with Crippen LogP contribution in [0.5, 0.6) is 0 Å². The van der Waals surface area contributed by atoms with Crippen LogP contribution in [0.1, 0.15) is 18.2 Å². The van der Waals surface area contributed by atoms with E-state index in [0.717, 1.165) is 17.7 Å². The summed E-state index contributed by atoms with van der Waals surface area (Å²) in [4.78, 5) is 4.15. The Bertz CT molecular complexity index is 888. The van der Waals surface area contributed by atoms with Gasteiger partial charge in [0, 0.05) is 17.3 Å². The summed E-state index contributed by atoms with van der Waals surface area (Å²) in [6.45, 7) is 3.98. The minimum atomic E-state index is -4.03. The Morgan fingerprint density at radius 3 is 2.17 bits per heavy atom. The van der Waals surface area contributed by atoms with Gasteiger partial charge in [-0.05, 0) is 42.5 Å². The highest BCUT2D eigenvalue weighted by molar-refractivity contribution is 7.85. The molecule has 0 aliphatic carbocycles. The third kappa shape index (κ3) is 4.87. The fourth-order valence-corrected chi connectivity index (χ4v) is 2.57. The highest BCUT2D eigenvalue weighted by atomic mass is 32.2. The molecule has 0 bridgehead atoms. The molecule has 0 spiro atoms. The second-order valence-corrected chi connectivity index (χ2v) is 6.57. The van der Waals surface area contributed by atoms with Gasteiger partial charge in [0.05, 0.1) is 4.90 Å². The monoisotopic (exact) mass is 329 g/mol. The van der Waals surface area contributed by atoms with E-state index in [1.165, 1.54) is 22.9 Å². The summed E-state index contributed by atoms with van der Waals surface area (Å²) >= 11 is 0.